The van der Waals surface area contributed by atoms with Gasteiger partial charge in [-0.3, -0.25) is 4.98 Å². The molecule has 1 heterocycles. The van der Waals surface area contributed by atoms with Gasteiger partial charge in [0, 0.05) is 11.6 Å². The smallest absolute Gasteiger partial charge is 0.106 e. The average molecular weight is 200 g/mol. The first-order valence-electron chi connectivity index (χ1n) is 4.74. The van der Waals surface area contributed by atoms with Crippen molar-refractivity contribution >= 4 is 16.5 Å². The summed E-state index contributed by atoms with van der Waals surface area (Å²) >= 11 is 0. The average Bonchev–Trinajstić information content (AvgIpc) is 2.29. The van der Waals surface area contributed by atoms with Gasteiger partial charge in [-0.2, -0.15) is 0 Å². The Bertz CT molecular complexity index is 506. The molecule has 0 aliphatic rings. The highest BCUT2D eigenvalue weighted by Crippen LogP contribution is 2.13. The maximum Gasteiger partial charge on any atom is 0.106 e. The van der Waals surface area contributed by atoms with Crippen molar-refractivity contribution in [2.45, 2.75) is 6.92 Å². The van der Waals surface area contributed by atoms with E-state index in [-0.39, 0.29) is 0 Å². The Morgan fingerprint density at radius 1 is 1.27 bits per heavy atom. The monoisotopic (exact) mass is 200 g/mol. The number of benzene rings is 1. The number of hydrogen-bond donors (Lipinski definition) is 0. The second-order valence-electron chi connectivity index (χ2n) is 3.28. The van der Waals surface area contributed by atoms with Gasteiger partial charge in [0.15, 0.2) is 0 Å². The largest absolute Gasteiger partial charge is 0.399 e. The van der Waals surface area contributed by atoms with Gasteiger partial charge in [-0.15, -0.1) is 0 Å². The fourth-order valence-corrected chi connectivity index (χ4v) is 1.47. The first-order valence-corrected chi connectivity index (χ1v) is 4.74. The summed E-state index contributed by atoms with van der Waals surface area (Å²) < 4.78 is 0. The van der Waals surface area contributed by atoms with Crippen LogP contribution in [-0.4, -0.2) is 17.8 Å². The van der Waals surface area contributed by atoms with E-state index < -0.39 is 0 Å². The predicted octanol–water partition coefficient (Wildman–Crippen LogP) is 2.61. The first-order chi connectivity index (χ1) is 7.31. The molecule has 0 unspecified atom stereocenters. The van der Waals surface area contributed by atoms with Gasteiger partial charge in [-0.25, -0.2) is 0 Å². The third kappa shape index (κ3) is 1.96. The maximum atomic E-state index is 4.72. The van der Waals surface area contributed by atoms with Gasteiger partial charge in [-0.05, 0) is 18.4 Å². The SMILES string of the molecule is CON=C(C)c1cc2ccccc2cn1. The summed E-state index contributed by atoms with van der Waals surface area (Å²) in [5.74, 6) is 0. The summed E-state index contributed by atoms with van der Waals surface area (Å²) in [5, 5.41) is 6.15. The van der Waals surface area contributed by atoms with Gasteiger partial charge in [0.25, 0.3) is 0 Å². The third-order valence-electron chi connectivity index (χ3n) is 2.23. The lowest BCUT2D eigenvalue weighted by atomic mass is 10.1. The number of pyridine rings is 1. The third-order valence-corrected chi connectivity index (χ3v) is 2.23. The van der Waals surface area contributed by atoms with Crippen molar-refractivity contribution in [1.82, 2.24) is 4.98 Å². The quantitative estimate of drug-likeness (QED) is 0.551. The number of aromatic nitrogens is 1. The zero-order chi connectivity index (χ0) is 10.7. The van der Waals surface area contributed by atoms with Crippen LogP contribution >= 0.6 is 0 Å². The minimum atomic E-state index is 0.781. The summed E-state index contributed by atoms with van der Waals surface area (Å²) in [5.41, 5.74) is 1.62. The molecule has 3 heteroatoms. The molecule has 2 rings (SSSR count). The van der Waals surface area contributed by atoms with E-state index in [0.717, 1.165) is 22.2 Å². The van der Waals surface area contributed by atoms with Gasteiger partial charge in [0.2, 0.25) is 0 Å². The zero-order valence-corrected chi connectivity index (χ0v) is 8.77. The molecule has 1 aromatic heterocycles. The van der Waals surface area contributed by atoms with Crippen molar-refractivity contribution in [2.24, 2.45) is 5.16 Å². The van der Waals surface area contributed by atoms with E-state index >= 15 is 0 Å². The molecule has 0 fully saturated rings. The van der Waals surface area contributed by atoms with Gasteiger partial charge in [-0.1, -0.05) is 29.4 Å². The molecule has 2 aromatic rings. The minimum absolute atomic E-state index is 0.781. The second kappa shape index (κ2) is 4.09. The fraction of sp³-hybridized carbons (Fsp3) is 0.167. The number of fused-ring (bicyclic) bond motifs is 1. The van der Waals surface area contributed by atoms with E-state index in [4.69, 9.17) is 4.84 Å². The van der Waals surface area contributed by atoms with Gasteiger partial charge in [0.1, 0.15) is 12.8 Å². The van der Waals surface area contributed by atoms with Crippen molar-refractivity contribution in [3.05, 3.63) is 42.2 Å². The van der Waals surface area contributed by atoms with Crippen molar-refractivity contribution in [3.63, 3.8) is 0 Å². The van der Waals surface area contributed by atoms with Crippen molar-refractivity contribution < 1.29 is 4.84 Å². The number of hydrogen-bond acceptors (Lipinski definition) is 3. The molecular weight excluding hydrogens is 188 g/mol. The van der Waals surface area contributed by atoms with Crippen LogP contribution in [0.2, 0.25) is 0 Å². The van der Waals surface area contributed by atoms with E-state index in [1.54, 1.807) is 0 Å². The van der Waals surface area contributed by atoms with Crippen LogP contribution in [0.5, 0.6) is 0 Å². The van der Waals surface area contributed by atoms with Crippen LogP contribution in [0.1, 0.15) is 12.6 Å². The van der Waals surface area contributed by atoms with Crippen LogP contribution < -0.4 is 0 Å². The highest BCUT2D eigenvalue weighted by Gasteiger charge is 2.00. The van der Waals surface area contributed by atoms with Crippen molar-refractivity contribution in [3.8, 4) is 0 Å². The number of nitrogens with zero attached hydrogens (tertiary/aromatic N) is 2. The molecule has 0 aliphatic carbocycles. The Morgan fingerprint density at radius 3 is 2.73 bits per heavy atom. The van der Waals surface area contributed by atoms with E-state index in [1.165, 1.54) is 7.11 Å². The lowest BCUT2D eigenvalue weighted by molar-refractivity contribution is 0.213. The van der Waals surface area contributed by atoms with E-state index in [2.05, 4.69) is 16.2 Å². The number of rotatable bonds is 2. The Kier molecular flexibility index (Phi) is 2.63. The standard InChI is InChI=1S/C12H12N2O/c1-9(14-15-2)12-7-10-5-3-4-6-11(10)8-13-12/h3-8H,1-2H3. The lowest BCUT2D eigenvalue weighted by Gasteiger charge is -2.01. The highest BCUT2D eigenvalue weighted by atomic mass is 16.6. The highest BCUT2D eigenvalue weighted by molar-refractivity contribution is 5.99. The minimum Gasteiger partial charge on any atom is -0.399 e. The molecule has 3 nitrogen and oxygen atoms in total. The topological polar surface area (TPSA) is 34.5 Å². The number of oxime groups is 1. The maximum absolute atomic E-state index is 4.72. The van der Waals surface area contributed by atoms with E-state index in [9.17, 15) is 0 Å². The molecule has 0 bridgehead atoms. The molecule has 0 aliphatic heterocycles. The first kappa shape index (κ1) is 9.65. The van der Waals surface area contributed by atoms with Crippen molar-refractivity contribution in [1.29, 1.82) is 0 Å². The summed E-state index contributed by atoms with van der Waals surface area (Å²) in [4.78, 5) is 9.03. The fourth-order valence-electron chi connectivity index (χ4n) is 1.47. The zero-order valence-electron chi connectivity index (χ0n) is 8.77. The molecule has 0 spiro atoms. The van der Waals surface area contributed by atoms with Crippen LogP contribution in [0.25, 0.3) is 10.8 Å². The molecule has 15 heavy (non-hydrogen) atoms. The normalized spacial score (nSPS) is 11.7. The molecular formula is C12H12N2O. The Balaban J connectivity index is 2.51. The van der Waals surface area contributed by atoms with Crippen molar-refractivity contribution in [2.75, 3.05) is 7.11 Å². The predicted molar refractivity (Wildman–Crippen MR) is 61.0 cm³/mol. The summed E-state index contributed by atoms with van der Waals surface area (Å²) in [6.07, 6.45) is 1.85. The summed E-state index contributed by atoms with van der Waals surface area (Å²) in [7, 11) is 1.53. The Hall–Kier alpha value is -1.90. The van der Waals surface area contributed by atoms with E-state index in [1.807, 2.05) is 37.4 Å². The molecule has 0 atom stereocenters. The molecule has 76 valence electrons. The van der Waals surface area contributed by atoms with Gasteiger partial charge < -0.3 is 4.84 Å². The molecule has 0 saturated heterocycles. The van der Waals surface area contributed by atoms with Crippen LogP contribution in [-0.2, 0) is 4.84 Å². The molecule has 0 N–H and O–H groups in total. The molecule has 0 amide bonds. The van der Waals surface area contributed by atoms with E-state index in [0.29, 0.717) is 0 Å². The van der Waals surface area contributed by atoms with Gasteiger partial charge >= 0.3 is 0 Å². The second-order valence-corrected chi connectivity index (χ2v) is 3.28. The summed E-state index contributed by atoms with van der Waals surface area (Å²) in [6.45, 7) is 1.88. The lowest BCUT2D eigenvalue weighted by Crippen LogP contribution is -1.98. The Labute approximate surface area is 88.4 Å². The molecule has 0 saturated carbocycles. The molecule has 0 radical (unpaired) electrons. The summed E-state index contributed by atoms with van der Waals surface area (Å²) in [6, 6.07) is 10.1. The van der Waals surface area contributed by atoms with Crippen LogP contribution in [0, 0.1) is 0 Å². The van der Waals surface area contributed by atoms with Crippen LogP contribution in [0.15, 0.2) is 41.7 Å². The van der Waals surface area contributed by atoms with Crippen LogP contribution in [0.3, 0.4) is 0 Å². The molecule has 1 aromatic carbocycles. The van der Waals surface area contributed by atoms with Gasteiger partial charge in [0.05, 0.1) is 5.69 Å². The Morgan fingerprint density at radius 2 is 2.00 bits per heavy atom. The van der Waals surface area contributed by atoms with Crippen LogP contribution in [0.4, 0.5) is 0 Å².